The topological polar surface area (TPSA) is 66.5 Å². The van der Waals surface area contributed by atoms with E-state index in [1.807, 2.05) is 18.2 Å². The summed E-state index contributed by atoms with van der Waals surface area (Å²) in [5, 5.41) is 2.90. The predicted octanol–water partition coefficient (Wildman–Crippen LogP) is 2.33. The van der Waals surface area contributed by atoms with Gasteiger partial charge in [0, 0.05) is 25.9 Å². The van der Waals surface area contributed by atoms with Gasteiger partial charge in [-0.3, -0.25) is 0 Å². The van der Waals surface area contributed by atoms with E-state index in [4.69, 9.17) is 0 Å². The molecule has 0 heterocycles. The summed E-state index contributed by atoms with van der Waals surface area (Å²) in [7, 11) is -1.49. The maximum absolute atomic E-state index is 12.2. The summed E-state index contributed by atoms with van der Waals surface area (Å²) in [6.07, 6.45) is 2.04. The third-order valence-electron chi connectivity index (χ3n) is 3.77. The van der Waals surface area contributed by atoms with Gasteiger partial charge in [-0.05, 0) is 24.3 Å². The van der Waals surface area contributed by atoms with E-state index in [9.17, 15) is 13.2 Å². The number of carbonyl (C=O) groups is 1. The lowest BCUT2D eigenvalue weighted by Gasteiger charge is -2.29. The number of hydrogen-bond donors (Lipinski definition) is 1. The minimum atomic E-state index is -3.11. The number of benzene rings is 1. The smallest absolute Gasteiger partial charge is 0.317 e. The Morgan fingerprint density at radius 2 is 1.83 bits per heavy atom. The van der Waals surface area contributed by atoms with Gasteiger partial charge in [0.15, 0.2) is 0 Å². The molecule has 0 radical (unpaired) electrons. The van der Waals surface area contributed by atoms with E-state index in [1.165, 1.54) is 16.7 Å². The summed E-state index contributed by atoms with van der Waals surface area (Å²) in [6, 6.07) is 9.53. The lowest BCUT2D eigenvalue weighted by atomic mass is 9.86. The second kappa shape index (κ2) is 7.81. The molecule has 1 atom stereocenters. The maximum Gasteiger partial charge on any atom is 0.317 e. The molecule has 0 saturated heterocycles. The minimum Gasteiger partial charge on any atom is -0.337 e. The molecule has 2 amide bonds. The summed E-state index contributed by atoms with van der Waals surface area (Å²) < 4.78 is 22.7. The average molecular weight is 340 g/mol. The second-order valence-electron chi connectivity index (χ2n) is 7.04. The van der Waals surface area contributed by atoms with Crippen molar-refractivity contribution in [3.05, 3.63) is 35.9 Å². The van der Waals surface area contributed by atoms with Gasteiger partial charge in [-0.25, -0.2) is 13.2 Å². The van der Waals surface area contributed by atoms with Crippen LogP contribution in [-0.2, 0) is 16.3 Å². The predicted molar refractivity (Wildman–Crippen MR) is 94.3 cm³/mol. The molecular formula is C17H28N2O3S. The SMILES string of the molecule is C[C@H](CS(C)(=O)=O)N(C)C(=O)NCC(C)(C)Cc1ccccc1. The van der Waals surface area contributed by atoms with E-state index in [2.05, 4.69) is 31.3 Å². The highest BCUT2D eigenvalue weighted by atomic mass is 32.2. The van der Waals surface area contributed by atoms with Gasteiger partial charge in [-0.1, -0.05) is 44.2 Å². The van der Waals surface area contributed by atoms with E-state index < -0.39 is 9.84 Å². The Hall–Kier alpha value is -1.56. The molecule has 0 aromatic heterocycles. The van der Waals surface area contributed by atoms with Crippen LogP contribution in [0.3, 0.4) is 0 Å². The largest absolute Gasteiger partial charge is 0.337 e. The molecule has 0 saturated carbocycles. The van der Waals surface area contributed by atoms with E-state index in [-0.39, 0.29) is 23.2 Å². The molecule has 1 rings (SSSR count). The Balaban J connectivity index is 2.53. The zero-order chi connectivity index (χ0) is 17.7. The number of amides is 2. The Bertz CT molecular complexity index is 612. The van der Waals surface area contributed by atoms with Crippen LogP contribution in [0.25, 0.3) is 0 Å². The standard InChI is InChI=1S/C17H28N2O3S/c1-14(12-23(5,21)22)19(4)16(20)18-13-17(2,3)11-15-9-7-6-8-10-15/h6-10,14H,11-13H2,1-5H3,(H,18,20)/t14-/m1/s1. The van der Waals surface area contributed by atoms with Gasteiger partial charge in [0.2, 0.25) is 0 Å². The van der Waals surface area contributed by atoms with Crippen molar-refractivity contribution in [2.45, 2.75) is 33.2 Å². The van der Waals surface area contributed by atoms with E-state index in [0.717, 1.165) is 6.42 Å². The molecule has 23 heavy (non-hydrogen) atoms. The molecule has 1 aromatic rings. The fraction of sp³-hybridized carbons (Fsp3) is 0.588. The number of hydrogen-bond acceptors (Lipinski definition) is 3. The van der Waals surface area contributed by atoms with Gasteiger partial charge in [0.1, 0.15) is 9.84 Å². The highest BCUT2D eigenvalue weighted by Crippen LogP contribution is 2.20. The van der Waals surface area contributed by atoms with Crippen molar-refractivity contribution >= 4 is 15.9 Å². The fourth-order valence-corrected chi connectivity index (χ4v) is 3.50. The molecule has 130 valence electrons. The molecule has 0 aliphatic carbocycles. The van der Waals surface area contributed by atoms with Crippen LogP contribution in [0.1, 0.15) is 26.3 Å². The Morgan fingerprint density at radius 1 is 1.26 bits per heavy atom. The number of urea groups is 1. The van der Waals surface area contributed by atoms with Crippen LogP contribution >= 0.6 is 0 Å². The monoisotopic (exact) mass is 340 g/mol. The number of nitrogens with one attached hydrogen (secondary N) is 1. The van der Waals surface area contributed by atoms with E-state index in [1.54, 1.807) is 14.0 Å². The quantitative estimate of drug-likeness (QED) is 0.828. The van der Waals surface area contributed by atoms with Crippen molar-refractivity contribution in [1.82, 2.24) is 10.2 Å². The highest BCUT2D eigenvalue weighted by Gasteiger charge is 2.23. The van der Waals surface area contributed by atoms with Crippen molar-refractivity contribution in [1.29, 1.82) is 0 Å². The Morgan fingerprint density at radius 3 is 2.35 bits per heavy atom. The van der Waals surface area contributed by atoms with Gasteiger partial charge in [0.05, 0.1) is 5.75 Å². The van der Waals surface area contributed by atoms with Crippen molar-refractivity contribution in [2.24, 2.45) is 5.41 Å². The first-order valence-electron chi connectivity index (χ1n) is 7.72. The summed E-state index contributed by atoms with van der Waals surface area (Å²) in [4.78, 5) is 13.6. The Labute approximate surface area is 140 Å². The van der Waals surface area contributed by atoms with Gasteiger partial charge in [0.25, 0.3) is 0 Å². The third-order valence-corrected chi connectivity index (χ3v) is 4.86. The van der Waals surface area contributed by atoms with Crippen LogP contribution in [0.5, 0.6) is 0 Å². The first-order valence-corrected chi connectivity index (χ1v) is 9.78. The zero-order valence-electron chi connectivity index (χ0n) is 14.7. The lowest BCUT2D eigenvalue weighted by Crippen LogP contribution is -2.47. The van der Waals surface area contributed by atoms with Crippen LogP contribution in [0.15, 0.2) is 30.3 Å². The van der Waals surface area contributed by atoms with Crippen LogP contribution in [0.4, 0.5) is 4.79 Å². The van der Waals surface area contributed by atoms with Gasteiger partial charge >= 0.3 is 6.03 Å². The second-order valence-corrected chi connectivity index (χ2v) is 9.22. The van der Waals surface area contributed by atoms with Crippen LogP contribution < -0.4 is 5.32 Å². The molecule has 0 unspecified atom stereocenters. The fourth-order valence-electron chi connectivity index (χ4n) is 2.40. The zero-order valence-corrected chi connectivity index (χ0v) is 15.5. The average Bonchev–Trinajstić information content (AvgIpc) is 2.43. The van der Waals surface area contributed by atoms with E-state index >= 15 is 0 Å². The number of carbonyl (C=O) groups excluding carboxylic acids is 1. The molecular weight excluding hydrogens is 312 g/mol. The van der Waals surface area contributed by atoms with Crippen molar-refractivity contribution < 1.29 is 13.2 Å². The van der Waals surface area contributed by atoms with Gasteiger partial charge in [-0.15, -0.1) is 0 Å². The molecule has 0 bridgehead atoms. The van der Waals surface area contributed by atoms with Crippen LogP contribution in [-0.4, -0.2) is 51.0 Å². The summed E-state index contributed by atoms with van der Waals surface area (Å²) in [6.45, 7) is 6.45. The first-order chi connectivity index (χ1) is 10.5. The number of rotatable bonds is 7. The van der Waals surface area contributed by atoms with E-state index in [0.29, 0.717) is 6.54 Å². The molecule has 5 nitrogen and oxygen atoms in total. The molecule has 1 N–H and O–H groups in total. The lowest BCUT2D eigenvalue weighted by molar-refractivity contribution is 0.192. The van der Waals surface area contributed by atoms with Crippen molar-refractivity contribution in [3.8, 4) is 0 Å². The summed E-state index contributed by atoms with van der Waals surface area (Å²) >= 11 is 0. The third kappa shape index (κ3) is 7.50. The van der Waals surface area contributed by atoms with Crippen LogP contribution in [0.2, 0.25) is 0 Å². The molecule has 0 spiro atoms. The molecule has 0 aliphatic heterocycles. The van der Waals surface area contributed by atoms with Gasteiger partial charge < -0.3 is 10.2 Å². The van der Waals surface area contributed by atoms with Crippen LogP contribution in [0, 0.1) is 5.41 Å². The summed E-state index contributed by atoms with van der Waals surface area (Å²) in [5.74, 6) is -0.0374. The first kappa shape index (κ1) is 19.5. The summed E-state index contributed by atoms with van der Waals surface area (Å²) in [5.41, 5.74) is 1.14. The molecule has 6 heteroatoms. The maximum atomic E-state index is 12.2. The van der Waals surface area contributed by atoms with Crippen molar-refractivity contribution in [3.63, 3.8) is 0 Å². The normalized spacial score (nSPS) is 13.4. The van der Waals surface area contributed by atoms with Gasteiger partial charge in [-0.2, -0.15) is 0 Å². The number of nitrogens with zero attached hydrogens (tertiary/aromatic N) is 1. The van der Waals surface area contributed by atoms with Crippen molar-refractivity contribution in [2.75, 3.05) is 25.6 Å². The Kier molecular flexibility index (Phi) is 6.62. The highest BCUT2D eigenvalue weighted by molar-refractivity contribution is 7.90. The molecule has 1 aromatic carbocycles. The minimum absolute atomic E-state index is 0.0374. The molecule has 0 aliphatic rings. The molecule has 0 fully saturated rings. The number of sulfone groups is 1.